The second kappa shape index (κ2) is 8.85. The van der Waals surface area contributed by atoms with E-state index < -0.39 is 0 Å². The SMILES string of the molecule is Cc1ccccc1-n1c(SCCC(C)C)nc2sc3c(c2c1=O)C[C@@H](C(C)C)OC3. The minimum absolute atomic E-state index is 0.0586. The van der Waals surface area contributed by atoms with E-state index in [9.17, 15) is 4.79 Å². The molecule has 4 rings (SSSR count). The lowest BCUT2D eigenvalue weighted by atomic mass is 9.96. The minimum atomic E-state index is 0.0586. The normalized spacial score (nSPS) is 16.6. The molecule has 6 heteroatoms. The quantitative estimate of drug-likeness (QED) is 0.347. The Morgan fingerprint density at radius 1 is 1.27 bits per heavy atom. The number of hydrogen-bond donors (Lipinski definition) is 0. The highest BCUT2D eigenvalue weighted by atomic mass is 32.2. The van der Waals surface area contributed by atoms with Crippen molar-refractivity contribution in [2.24, 2.45) is 11.8 Å². The molecule has 0 spiro atoms. The molecule has 0 radical (unpaired) electrons. The third-order valence-electron chi connectivity index (χ3n) is 5.74. The predicted octanol–water partition coefficient (Wildman–Crippen LogP) is 5.99. The van der Waals surface area contributed by atoms with Crippen LogP contribution in [0.5, 0.6) is 0 Å². The molecule has 0 unspecified atom stereocenters. The van der Waals surface area contributed by atoms with Gasteiger partial charge in [0.2, 0.25) is 0 Å². The van der Waals surface area contributed by atoms with E-state index in [0.29, 0.717) is 18.4 Å². The number of benzene rings is 1. The molecule has 1 atom stereocenters. The Hall–Kier alpha value is -1.63. The fraction of sp³-hybridized carbons (Fsp3) is 0.500. The highest BCUT2D eigenvalue weighted by molar-refractivity contribution is 7.99. The van der Waals surface area contributed by atoms with Gasteiger partial charge in [-0.3, -0.25) is 9.36 Å². The van der Waals surface area contributed by atoms with Gasteiger partial charge in [-0.25, -0.2) is 4.98 Å². The van der Waals surface area contributed by atoms with Crippen LogP contribution in [0.4, 0.5) is 0 Å². The Morgan fingerprint density at radius 2 is 2.03 bits per heavy atom. The first-order valence-electron chi connectivity index (χ1n) is 10.7. The maximum Gasteiger partial charge on any atom is 0.267 e. The van der Waals surface area contributed by atoms with E-state index in [-0.39, 0.29) is 11.7 Å². The Balaban J connectivity index is 1.89. The molecule has 4 nitrogen and oxygen atoms in total. The maximum absolute atomic E-state index is 13.9. The number of nitrogens with zero attached hydrogens (tertiary/aromatic N) is 2. The molecule has 0 fully saturated rings. The van der Waals surface area contributed by atoms with E-state index in [1.807, 2.05) is 22.8 Å². The van der Waals surface area contributed by atoms with E-state index in [1.165, 1.54) is 0 Å². The molecule has 1 aliphatic rings. The number of aryl methyl sites for hydroxylation is 1. The maximum atomic E-state index is 13.9. The average Bonchev–Trinajstić information content (AvgIpc) is 3.06. The van der Waals surface area contributed by atoms with Crippen molar-refractivity contribution in [1.82, 2.24) is 9.55 Å². The smallest absolute Gasteiger partial charge is 0.267 e. The van der Waals surface area contributed by atoms with Gasteiger partial charge in [-0.15, -0.1) is 11.3 Å². The van der Waals surface area contributed by atoms with Gasteiger partial charge in [-0.1, -0.05) is 57.7 Å². The van der Waals surface area contributed by atoms with Crippen molar-refractivity contribution < 1.29 is 4.74 Å². The van der Waals surface area contributed by atoms with Crippen LogP contribution >= 0.6 is 23.1 Å². The zero-order chi connectivity index (χ0) is 21.4. The standard InChI is InChI=1S/C24H30N2O2S2/c1-14(2)10-11-29-24-25-22-21(17-12-19(15(3)4)28-13-20(17)30-22)23(27)26(24)18-9-7-6-8-16(18)5/h6-9,14-15,19H,10-13H2,1-5H3/t19-/m0/s1. The number of hydrogen-bond acceptors (Lipinski definition) is 5. The predicted molar refractivity (Wildman–Crippen MR) is 127 cm³/mol. The number of thioether (sulfide) groups is 1. The molecular formula is C24H30N2O2S2. The Morgan fingerprint density at radius 3 is 2.73 bits per heavy atom. The van der Waals surface area contributed by atoms with Crippen molar-refractivity contribution >= 4 is 33.3 Å². The number of para-hydroxylation sites is 1. The van der Waals surface area contributed by atoms with Crippen LogP contribution < -0.4 is 5.56 Å². The van der Waals surface area contributed by atoms with Crippen LogP contribution in [0.2, 0.25) is 0 Å². The van der Waals surface area contributed by atoms with Crippen LogP contribution in [-0.2, 0) is 17.8 Å². The van der Waals surface area contributed by atoms with E-state index in [4.69, 9.17) is 9.72 Å². The fourth-order valence-corrected chi connectivity index (χ4v) is 6.26. The lowest BCUT2D eigenvalue weighted by Crippen LogP contribution is -2.28. The van der Waals surface area contributed by atoms with Gasteiger partial charge in [0.1, 0.15) is 4.83 Å². The first-order valence-corrected chi connectivity index (χ1v) is 12.5. The van der Waals surface area contributed by atoms with Gasteiger partial charge in [0, 0.05) is 17.1 Å². The lowest BCUT2D eigenvalue weighted by Gasteiger charge is -2.26. The van der Waals surface area contributed by atoms with Crippen molar-refractivity contribution in [1.29, 1.82) is 0 Å². The zero-order valence-electron chi connectivity index (χ0n) is 18.4. The summed E-state index contributed by atoms with van der Waals surface area (Å²) in [5.74, 6) is 2.00. The highest BCUT2D eigenvalue weighted by Crippen LogP contribution is 2.36. The van der Waals surface area contributed by atoms with Crippen LogP contribution in [0.1, 0.15) is 50.1 Å². The number of aromatic nitrogens is 2. The summed E-state index contributed by atoms with van der Waals surface area (Å²) in [6.45, 7) is 11.4. The van der Waals surface area contributed by atoms with Crippen molar-refractivity contribution in [3.05, 3.63) is 50.6 Å². The molecule has 160 valence electrons. The summed E-state index contributed by atoms with van der Waals surface area (Å²) in [7, 11) is 0. The summed E-state index contributed by atoms with van der Waals surface area (Å²) in [4.78, 5) is 20.9. The molecule has 0 bridgehead atoms. The molecule has 3 heterocycles. The van der Waals surface area contributed by atoms with Gasteiger partial charge in [0.25, 0.3) is 5.56 Å². The number of ether oxygens (including phenoxy) is 1. The fourth-order valence-electron chi connectivity index (χ4n) is 3.85. The number of fused-ring (bicyclic) bond motifs is 3. The molecule has 0 aliphatic carbocycles. The van der Waals surface area contributed by atoms with Gasteiger partial charge >= 0.3 is 0 Å². The summed E-state index contributed by atoms with van der Waals surface area (Å²) in [6.07, 6.45) is 2.04. The van der Waals surface area contributed by atoms with E-state index in [0.717, 1.165) is 55.7 Å². The third kappa shape index (κ3) is 4.10. The Kier molecular flexibility index (Phi) is 6.37. The summed E-state index contributed by atoms with van der Waals surface area (Å²) >= 11 is 3.31. The highest BCUT2D eigenvalue weighted by Gasteiger charge is 2.29. The molecule has 0 amide bonds. The van der Waals surface area contributed by atoms with Gasteiger partial charge in [-0.05, 0) is 42.4 Å². The van der Waals surface area contributed by atoms with E-state index in [2.05, 4.69) is 40.7 Å². The number of thiophene rings is 1. The second-order valence-electron chi connectivity index (χ2n) is 8.83. The largest absolute Gasteiger partial charge is 0.372 e. The molecule has 2 aromatic heterocycles. The summed E-state index contributed by atoms with van der Waals surface area (Å²) < 4.78 is 7.90. The van der Waals surface area contributed by atoms with Gasteiger partial charge in [-0.2, -0.15) is 0 Å². The van der Waals surface area contributed by atoms with Crippen LogP contribution in [0.25, 0.3) is 15.9 Å². The van der Waals surface area contributed by atoms with Crippen LogP contribution in [0.3, 0.4) is 0 Å². The molecule has 1 aromatic carbocycles. The molecule has 1 aliphatic heterocycles. The molecular weight excluding hydrogens is 412 g/mol. The third-order valence-corrected chi connectivity index (χ3v) is 7.81. The molecule has 3 aromatic rings. The van der Waals surface area contributed by atoms with Crippen LogP contribution in [0, 0.1) is 18.8 Å². The summed E-state index contributed by atoms with van der Waals surface area (Å²) in [5, 5.41) is 1.59. The lowest BCUT2D eigenvalue weighted by molar-refractivity contribution is 0.00200. The summed E-state index contributed by atoms with van der Waals surface area (Å²) in [6, 6.07) is 8.08. The first kappa shape index (κ1) is 21.6. The minimum Gasteiger partial charge on any atom is -0.372 e. The molecule has 0 saturated heterocycles. The second-order valence-corrected chi connectivity index (χ2v) is 11.0. The monoisotopic (exact) mass is 442 g/mol. The molecule has 0 saturated carbocycles. The van der Waals surface area contributed by atoms with Gasteiger partial charge in [0.05, 0.1) is 23.8 Å². The average molecular weight is 443 g/mol. The van der Waals surface area contributed by atoms with Crippen molar-refractivity contribution in [2.75, 3.05) is 5.75 Å². The number of rotatable bonds is 6. The Bertz CT molecular complexity index is 1110. The topological polar surface area (TPSA) is 44.1 Å². The molecule has 0 N–H and O–H groups in total. The molecule has 30 heavy (non-hydrogen) atoms. The van der Waals surface area contributed by atoms with Gasteiger partial charge in [0.15, 0.2) is 5.16 Å². The van der Waals surface area contributed by atoms with Crippen LogP contribution in [-0.4, -0.2) is 21.4 Å². The first-order chi connectivity index (χ1) is 14.4. The van der Waals surface area contributed by atoms with Crippen molar-refractivity contribution in [2.45, 2.75) is 65.3 Å². The van der Waals surface area contributed by atoms with Crippen molar-refractivity contribution in [3.63, 3.8) is 0 Å². The van der Waals surface area contributed by atoms with Crippen LogP contribution in [0.15, 0.2) is 34.2 Å². The Labute approximate surface area is 186 Å². The van der Waals surface area contributed by atoms with E-state index >= 15 is 0 Å². The zero-order valence-corrected chi connectivity index (χ0v) is 20.0. The van der Waals surface area contributed by atoms with E-state index in [1.54, 1.807) is 23.1 Å². The summed E-state index contributed by atoms with van der Waals surface area (Å²) in [5.41, 5.74) is 3.22. The van der Waals surface area contributed by atoms with Crippen molar-refractivity contribution in [3.8, 4) is 5.69 Å². The van der Waals surface area contributed by atoms with Gasteiger partial charge < -0.3 is 4.74 Å².